The molecule has 0 unspecified atom stereocenters. The van der Waals surface area contributed by atoms with Crippen molar-refractivity contribution in [2.75, 3.05) is 0 Å². The average molecular weight is 311 g/mol. The van der Waals surface area contributed by atoms with Crippen LogP contribution in [0.3, 0.4) is 0 Å². The molecule has 7 heteroatoms. The van der Waals surface area contributed by atoms with Crippen LogP contribution in [0.5, 0.6) is 0 Å². The van der Waals surface area contributed by atoms with Crippen molar-refractivity contribution in [1.29, 1.82) is 0 Å². The number of benzene rings is 1. The first-order chi connectivity index (χ1) is 7.00. The lowest BCUT2D eigenvalue weighted by Gasteiger charge is -2.02. The minimum Gasteiger partial charge on any atom is -0.372 e. The summed E-state index contributed by atoms with van der Waals surface area (Å²) in [6, 6.07) is 1.37. The number of H-pyrrole nitrogens is 1. The summed E-state index contributed by atoms with van der Waals surface area (Å²) in [7, 11) is 0. The van der Waals surface area contributed by atoms with Gasteiger partial charge in [0.1, 0.15) is 0 Å². The highest BCUT2D eigenvalue weighted by atomic mass is 79.9. The van der Waals surface area contributed by atoms with E-state index in [9.17, 15) is 9.59 Å². The van der Waals surface area contributed by atoms with Crippen molar-refractivity contribution in [3.8, 4) is 0 Å². The number of hydrogen-bond donors (Lipinski definition) is 1. The lowest BCUT2D eigenvalue weighted by molar-refractivity contribution is 0.460. The highest BCUT2D eigenvalue weighted by Crippen LogP contribution is 2.34. The first kappa shape index (κ1) is 10.7. The van der Waals surface area contributed by atoms with Gasteiger partial charge in [0.05, 0.1) is 25.4 Å². The van der Waals surface area contributed by atoms with Crippen LogP contribution < -0.4 is 11.4 Å². The summed E-state index contributed by atoms with van der Waals surface area (Å²) in [5, 5.41) is 0.571. The van der Waals surface area contributed by atoms with E-state index in [0.29, 0.717) is 4.47 Å². The Bertz CT molecular complexity index is 661. The molecule has 0 amide bonds. The van der Waals surface area contributed by atoms with Gasteiger partial charge < -0.3 is 4.42 Å². The maximum atomic E-state index is 11.3. The molecule has 2 aromatic rings. The average Bonchev–Trinajstić information content (AvgIpc) is 2.17. The van der Waals surface area contributed by atoms with E-state index >= 15 is 0 Å². The Labute approximate surface area is 101 Å². The van der Waals surface area contributed by atoms with Gasteiger partial charge in [-0.05, 0) is 22.0 Å². The maximum absolute atomic E-state index is 11.3. The molecule has 78 valence electrons. The summed E-state index contributed by atoms with van der Waals surface area (Å²) in [6.45, 7) is 0. The monoisotopic (exact) mass is 309 g/mol. The molecule has 2 rings (SSSR count). The molecule has 0 radical (unpaired) electrons. The third kappa shape index (κ3) is 1.71. The Balaban J connectivity index is 3.12. The van der Waals surface area contributed by atoms with Crippen LogP contribution in [0.2, 0.25) is 10.0 Å². The van der Waals surface area contributed by atoms with Gasteiger partial charge in [-0.1, -0.05) is 23.2 Å². The van der Waals surface area contributed by atoms with E-state index in [4.69, 9.17) is 23.2 Å². The van der Waals surface area contributed by atoms with Gasteiger partial charge in [0.15, 0.2) is 0 Å². The third-order valence-corrected chi connectivity index (χ3v) is 3.75. The molecule has 0 saturated carbocycles. The molecule has 0 fully saturated rings. The van der Waals surface area contributed by atoms with Crippen molar-refractivity contribution in [3.63, 3.8) is 0 Å². The molecule has 0 spiro atoms. The fourth-order valence-corrected chi connectivity index (χ4v) is 1.96. The fraction of sp³-hybridized carbons (Fsp3) is 0. The molecule has 0 aliphatic rings. The summed E-state index contributed by atoms with van der Waals surface area (Å²) >= 11 is 14.8. The van der Waals surface area contributed by atoms with Crippen LogP contribution in [-0.2, 0) is 0 Å². The first-order valence-corrected chi connectivity index (χ1v) is 5.26. The highest BCUT2D eigenvalue weighted by molar-refractivity contribution is 9.10. The number of hydrogen-bond acceptors (Lipinski definition) is 3. The van der Waals surface area contributed by atoms with Gasteiger partial charge in [-0.3, -0.25) is 4.98 Å². The maximum Gasteiger partial charge on any atom is 0.419 e. The van der Waals surface area contributed by atoms with Crippen LogP contribution in [0, 0.1) is 0 Å². The second-order valence-corrected chi connectivity index (χ2v) is 4.29. The molecule has 0 aliphatic carbocycles. The zero-order valence-corrected chi connectivity index (χ0v) is 10.0. The summed E-state index contributed by atoms with van der Waals surface area (Å²) in [5.74, 6) is -0.858. The van der Waals surface area contributed by atoms with Gasteiger partial charge in [0.2, 0.25) is 0 Å². The molecule has 1 N–H and O–H groups in total. The molecule has 1 aromatic carbocycles. The lowest BCUT2D eigenvalue weighted by atomic mass is 10.2. The van der Waals surface area contributed by atoms with E-state index in [-0.39, 0.29) is 20.9 Å². The third-order valence-electron chi connectivity index (χ3n) is 1.79. The van der Waals surface area contributed by atoms with Crippen molar-refractivity contribution in [1.82, 2.24) is 4.98 Å². The van der Waals surface area contributed by atoms with Crippen LogP contribution in [0.4, 0.5) is 0 Å². The Kier molecular flexibility index (Phi) is 2.62. The molecular weight excluding hydrogens is 309 g/mol. The summed E-state index contributed by atoms with van der Waals surface area (Å²) < 4.78 is 4.76. The second kappa shape index (κ2) is 3.66. The fourth-order valence-electron chi connectivity index (χ4n) is 1.15. The quantitative estimate of drug-likeness (QED) is 0.761. The Hall–Kier alpha value is -0.780. The molecular formula is C8H2BrCl2NO3. The number of rotatable bonds is 0. The normalized spacial score (nSPS) is 10.9. The van der Waals surface area contributed by atoms with E-state index < -0.39 is 11.4 Å². The van der Waals surface area contributed by atoms with E-state index in [2.05, 4.69) is 25.3 Å². The van der Waals surface area contributed by atoms with Gasteiger partial charge in [0, 0.05) is 0 Å². The van der Waals surface area contributed by atoms with Crippen molar-refractivity contribution < 1.29 is 4.42 Å². The molecule has 0 aliphatic heterocycles. The Morgan fingerprint density at radius 1 is 1.33 bits per heavy atom. The van der Waals surface area contributed by atoms with E-state index in [1.54, 1.807) is 0 Å². The van der Waals surface area contributed by atoms with E-state index in [1.807, 2.05) is 0 Å². The van der Waals surface area contributed by atoms with Crippen LogP contribution in [0.1, 0.15) is 0 Å². The van der Waals surface area contributed by atoms with Crippen LogP contribution in [0.25, 0.3) is 10.9 Å². The SMILES string of the molecule is O=c1[nH]c2c(Cl)c(Br)c(Cl)cc2c(=O)o1. The van der Waals surface area contributed by atoms with Gasteiger partial charge in [-0.15, -0.1) is 0 Å². The minimum atomic E-state index is -0.858. The number of nitrogens with one attached hydrogen (secondary N) is 1. The zero-order chi connectivity index (χ0) is 11.2. The molecule has 1 aromatic heterocycles. The molecule has 4 nitrogen and oxygen atoms in total. The van der Waals surface area contributed by atoms with Gasteiger partial charge >= 0.3 is 11.4 Å². The summed E-state index contributed by atoms with van der Waals surface area (Å²) in [6.07, 6.45) is 0. The van der Waals surface area contributed by atoms with Gasteiger partial charge in [-0.25, -0.2) is 9.59 Å². The Morgan fingerprint density at radius 3 is 2.67 bits per heavy atom. The molecule has 0 atom stereocenters. The van der Waals surface area contributed by atoms with Gasteiger partial charge in [0.25, 0.3) is 0 Å². The number of aromatic amines is 1. The molecule has 15 heavy (non-hydrogen) atoms. The molecule has 0 bridgehead atoms. The largest absolute Gasteiger partial charge is 0.419 e. The van der Waals surface area contributed by atoms with E-state index in [0.717, 1.165) is 0 Å². The van der Waals surface area contributed by atoms with Crippen LogP contribution >= 0.6 is 39.1 Å². The topological polar surface area (TPSA) is 63.1 Å². The van der Waals surface area contributed by atoms with Crippen molar-refractivity contribution in [3.05, 3.63) is 41.6 Å². The van der Waals surface area contributed by atoms with Crippen LogP contribution in [0.15, 0.2) is 24.5 Å². The molecule has 0 saturated heterocycles. The van der Waals surface area contributed by atoms with Crippen LogP contribution in [-0.4, -0.2) is 4.98 Å². The predicted octanol–water partition coefficient (Wildman–Crippen LogP) is 2.55. The van der Waals surface area contributed by atoms with E-state index in [1.165, 1.54) is 6.07 Å². The highest BCUT2D eigenvalue weighted by Gasteiger charge is 2.12. The smallest absolute Gasteiger partial charge is 0.372 e. The lowest BCUT2D eigenvalue weighted by Crippen LogP contribution is -2.14. The van der Waals surface area contributed by atoms with Crippen molar-refractivity contribution in [2.24, 2.45) is 0 Å². The first-order valence-electron chi connectivity index (χ1n) is 3.71. The van der Waals surface area contributed by atoms with Crippen molar-refractivity contribution in [2.45, 2.75) is 0 Å². The minimum absolute atomic E-state index is 0.132. The zero-order valence-electron chi connectivity index (χ0n) is 6.94. The van der Waals surface area contributed by atoms with Gasteiger partial charge in [-0.2, -0.15) is 0 Å². The second-order valence-electron chi connectivity index (χ2n) is 2.71. The summed E-state index contributed by atoms with van der Waals surface area (Å²) in [5.41, 5.74) is -0.570. The number of fused-ring (bicyclic) bond motifs is 1. The molecule has 1 heterocycles. The standard InChI is InChI=1S/C8H2BrCl2NO3/c9-4-3(10)1-2-6(5(4)11)12-8(14)15-7(2)13/h1H,(H,12,14). The number of halogens is 3. The van der Waals surface area contributed by atoms with Crippen molar-refractivity contribution >= 4 is 50.0 Å². The summed E-state index contributed by atoms with van der Waals surface area (Å²) in [4.78, 5) is 24.5. The number of aromatic nitrogens is 1. The Morgan fingerprint density at radius 2 is 2.00 bits per heavy atom. The predicted molar refractivity (Wildman–Crippen MR) is 60.8 cm³/mol.